The first-order valence-corrected chi connectivity index (χ1v) is 7.72. The molecule has 0 fully saturated rings. The SMILES string of the molecule is CCN[C@H](C)CNS(=O)(=O)c1cccc(Cl)c1C. The molecule has 1 rings (SSSR count). The van der Waals surface area contributed by atoms with E-state index in [1.54, 1.807) is 25.1 Å². The third-order valence-corrected chi connectivity index (χ3v) is 4.62. The Morgan fingerprint density at radius 2 is 2.06 bits per heavy atom. The fraction of sp³-hybridized carbons (Fsp3) is 0.500. The topological polar surface area (TPSA) is 58.2 Å². The van der Waals surface area contributed by atoms with E-state index in [4.69, 9.17) is 11.6 Å². The second kappa shape index (κ2) is 6.52. The highest BCUT2D eigenvalue weighted by Crippen LogP contribution is 2.22. The summed E-state index contributed by atoms with van der Waals surface area (Å²) in [7, 11) is -3.50. The molecule has 6 heteroatoms. The van der Waals surface area contributed by atoms with Crippen molar-refractivity contribution in [2.24, 2.45) is 0 Å². The lowest BCUT2D eigenvalue weighted by Gasteiger charge is -2.14. The molecule has 1 aromatic rings. The minimum atomic E-state index is -3.50. The van der Waals surface area contributed by atoms with Crippen LogP contribution in [-0.4, -0.2) is 27.5 Å². The molecule has 0 heterocycles. The lowest BCUT2D eigenvalue weighted by atomic mass is 10.2. The maximum Gasteiger partial charge on any atom is 0.240 e. The van der Waals surface area contributed by atoms with Gasteiger partial charge in [-0.2, -0.15) is 0 Å². The van der Waals surface area contributed by atoms with Crippen molar-refractivity contribution in [3.63, 3.8) is 0 Å². The van der Waals surface area contributed by atoms with Gasteiger partial charge in [0.2, 0.25) is 10.0 Å². The van der Waals surface area contributed by atoms with Crippen LogP contribution in [0.25, 0.3) is 0 Å². The molecule has 0 aliphatic rings. The van der Waals surface area contributed by atoms with Crippen molar-refractivity contribution >= 4 is 21.6 Å². The first-order valence-electron chi connectivity index (χ1n) is 5.86. The second-order valence-corrected chi connectivity index (χ2v) is 6.32. The van der Waals surface area contributed by atoms with E-state index in [1.807, 2.05) is 13.8 Å². The summed E-state index contributed by atoms with van der Waals surface area (Å²) in [6, 6.07) is 4.96. The van der Waals surface area contributed by atoms with E-state index in [-0.39, 0.29) is 10.9 Å². The number of nitrogens with one attached hydrogen (secondary N) is 2. The zero-order chi connectivity index (χ0) is 13.8. The van der Waals surface area contributed by atoms with Crippen LogP contribution in [0.4, 0.5) is 0 Å². The van der Waals surface area contributed by atoms with Crippen LogP contribution in [-0.2, 0) is 10.0 Å². The van der Waals surface area contributed by atoms with Gasteiger partial charge in [0.05, 0.1) is 4.90 Å². The average Bonchev–Trinajstić information content (AvgIpc) is 2.30. The summed E-state index contributed by atoms with van der Waals surface area (Å²) in [4.78, 5) is 0.235. The Balaban J connectivity index is 2.84. The van der Waals surface area contributed by atoms with Gasteiger partial charge in [-0.3, -0.25) is 0 Å². The first-order chi connectivity index (χ1) is 8.38. The number of rotatable bonds is 6. The fourth-order valence-electron chi connectivity index (χ4n) is 1.61. The molecule has 0 amide bonds. The van der Waals surface area contributed by atoms with E-state index in [2.05, 4.69) is 10.0 Å². The Bertz CT molecular complexity index is 503. The predicted molar refractivity (Wildman–Crippen MR) is 74.5 cm³/mol. The number of halogens is 1. The molecular formula is C12H19ClN2O2S. The molecule has 0 unspecified atom stereocenters. The number of benzene rings is 1. The lowest BCUT2D eigenvalue weighted by molar-refractivity contribution is 0.536. The van der Waals surface area contributed by atoms with Gasteiger partial charge in [0.1, 0.15) is 0 Å². The summed E-state index contributed by atoms with van der Waals surface area (Å²) in [5.74, 6) is 0. The number of hydrogen-bond donors (Lipinski definition) is 2. The Morgan fingerprint density at radius 3 is 2.67 bits per heavy atom. The van der Waals surface area contributed by atoms with E-state index in [0.29, 0.717) is 17.1 Å². The van der Waals surface area contributed by atoms with Crippen molar-refractivity contribution < 1.29 is 8.42 Å². The minimum absolute atomic E-state index is 0.0873. The monoisotopic (exact) mass is 290 g/mol. The molecule has 4 nitrogen and oxygen atoms in total. The molecule has 0 saturated heterocycles. The highest BCUT2D eigenvalue weighted by Gasteiger charge is 2.18. The Hall–Kier alpha value is -0.620. The third kappa shape index (κ3) is 3.95. The Kier molecular flexibility index (Phi) is 5.59. The van der Waals surface area contributed by atoms with Crippen molar-refractivity contribution in [1.29, 1.82) is 0 Å². The average molecular weight is 291 g/mol. The van der Waals surface area contributed by atoms with Crippen LogP contribution >= 0.6 is 11.6 Å². The van der Waals surface area contributed by atoms with Gasteiger partial charge in [0, 0.05) is 17.6 Å². The zero-order valence-electron chi connectivity index (χ0n) is 10.8. The van der Waals surface area contributed by atoms with Gasteiger partial charge in [-0.05, 0) is 38.1 Å². The highest BCUT2D eigenvalue weighted by atomic mass is 35.5. The summed E-state index contributed by atoms with van der Waals surface area (Å²) in [5.41, 5.74) is 0.572. The lowest BCUT2D eigenvalue weighted by Crippen LogP contribution is -2.38. The summed E-state index contributed by atoms with van der Waals surface area (Å²) >= 11 is 5.93. The van der Waals surface area contributed by atoms with Crippen LogP contribution in [0.2, 0.25) is 5.02 Å². The minimum Gasteiger partial charge on any atom is -0.313 e. The van der Waals surface area contributed by atoms with Gasteiger partial charge in [-0.15, -0.1) is 0 Å². The second-order valence-electron chi connectivity index (χ2n) is 4.17. The highest BCUT2D eigenvalue weighted by molar-refractivity contribution is 7.89. The molecule has 0 aliphatic carbocycles. The van der Waals surface area contributed by atoms with Gasteiger partial charge < -0.3 is 5.32 Å². The molecule has 0 spiro atoms. The zero-order valence-corrected chi connectivity index (χ0v) is 12.4. The molecule has 1 atom stereocenters. The number of likely N-dealkylation sites (N-methyl/N-ethyl adjacent to an activating group) is 1. The first kappa shape index (κ1) is 15.4. The number of hydrogen-bond acceptors (Lipinski definition) is 3. The molecule has 2 N–H and O–H groups in total. The van der Waals surface area contributed by atoms with Crippen LogP contribution in [0.3, 0.4) is 0 Å². The smallest absolute Gasteiger partial charge is 0.240 e. The van der Waals surface area contributed by atoms with Gasteiger partial charge in [0.25, 0.3) is 0 Å². The summed E-state index contributed by atoms with van der Waals surface area (Å²) < 4.78 is 26.8. The molecule has 0 bridgehead atoms. The van der Waals surface area contributed by atoms with Crippen molar-refractivity contribution in [3.05, 3.63) is 28.8 Å². The van der Waals surface area contributed by atoms with Crippen molar-refractivity contribution in [1.82, 2.24) is 10.0 Å². The molecule has 0 saturated carbocycles. The molecular weight excluding hydrogens is 272 g/mol. The summed E-state index contributed by atoms with van der Waals surface area (Å²) in [6.45, 7) is 6.76. The Morgan fingerprint density at radius 1 is 1.39 bits per heavy atom. The number of sulfonamides is 1. The van der Waals surface area contributed by atoms with Gasteiger partial charge >= 0.3 is 0 Å². The van der Waals surface area contributed by atoms with E-state index in [1.165, 1.54) is 0 Å². The maximum atomic E-state index is 12.1. The van der Waals surface area contributed by atoms with Gasteiger partial charge in [-0.25, -0.2) is 13.1 Å². The van der Waals surface area contributed by atoms with Crippen LogP contribution < -0.4 is 10.0 Å². The molecule has 1 aromatic carbocycles. The normalized spacial score (nSPS) is 13.6. The summed E-state index contributed by atoms with van der Waals surface area (Å²) in [5, 5.41) is 3.60. The molecule has 0 radical (unpaired) electrons. The molecule has 18 heavy (non-hydrogen) atoms. The maximum absolute atomic E-state index is 12.1. The van der Waals surface area contributed by atoms with E-state index in [9.17, 15) is 8.42 Å². The molecule has 0 aliphatic heterocycles. The molecule has 102 valence electrons. The molecule has 0 aromatic heterocycles. The van der Waals surface area contributed by atoms with E-state index in [0.717, 1.165) is 6.54 Å². The Labute approximate surface area is 114 Å². The fourth-order valence-corrected chi connectivity index (χ4v) is 3.24. The van der Waals surface area contributed by atoms with Crippen LogP contribution in [0, 0.1) is 6.92 Å². The quantitative estimate of drug-likeness (QED) is 0.842. The van der Waals surface area contributed by atoms with Gasteiger partial charge in [-0.1, -0.05) is 24.6 Å². The van der Waals surface area contributed by atoms with Crippen molar-refractivity contribution in [2.45, 2.75) is 31.7 Å². The van der Waals surface area contributed by atoms with Crippen molar-refractivity contribution in [2.75, 3.05) is 13.1 Å². The summed E-state index contributed by atoms with van der Waals surface area (Å²) in [6.07, 6.45) is 0. The van der Waals surface area contributed by atoms with Crippen LogP contribution in [0.15, 0.2) is 23.1 Å². The predicted octanol–water partition coefficient (Wildman–Crippen LogP) is 1.92. The van der Waals surface area contributed by atoms with Crippen LogP contribution in [0.1, 0.15) is 19.4 Å². The standard InChI is InChI=1S/C12H19ClN2O2S/c1-4-14-9(2)8-15-18(16,17)12-7-5-6-11(13)10(12)3/h5-7,9,14-15H,4,8H2,1-3H3/t9-/m1/s1. The van der Waals surface area contributed by atoms with E-state index < -0.39 is 10.0 Å². The van der Waals surface area contributed by atoms with Gasteiger partial charge in [0.15, 0.2) is 0 Å². The van der Waals surface area contributed by atoms with E-state index >= 15 is 0 Å². The van der Waals surface area contributed by atoms with Crippen LogP contribution in [0.5, 0.6) is 0 Å². The largest absolute Gasteiger partial charge is 0.313 e. The third-order valence-electron chi connectivity index (χ3n) is 2.64. The van der Waals surface area contributed by atoms with Crippen molar-refractivity contribution in [3.8, 4) is 0 Å².